The molecule has 0 aliphatic carbocycles. The minimum Gasteiger partial charge on any atom is -0.493 e. The molecule has 0 radical (unpaired) electrons. The van der Waals surface area contributed by atoms with Crippen molar-refractivity contribution in [2.24, 2.45) is 0 Å². The van der Waals surface area contributed by atoms with Crippen molar-refractivity contribution in [3.63, 3.8) is 0 Å². The van der Waals surface area contributed by atoms with E-state index in [0.29, 0.717) is 35.9 Å². The zero-order valence-corrected chi connectivity index (χ0v) is 17.4. The SMILES string of the molecule is COc1ccc(CN(c2ccc(C#N)cc2)n2cnnc2)cc1OSOON(C)C. The fraction of sp³-hybridized carbons (Fsp3) is 0.211. The topological polar surface area (TPSA) is 97.9 Å². The Labute approximate surface area is 178 Å². The number of methoxy groups -OCH3 is 1. The van der Waals surface area contributed by atoms with E-state index in [1.165, 1.54) is 5.06 Å². The summed E-state index contributed by atoms with van der Waals surface area (Å²) in [6.45, 7) is 0.476. The van der Waals surface area contributed by atoms with Crippen LogP contribution in [-0.4, -0.2) is 41.1 Å². The van der Waals surface area contributed by atoms with Gasteiger partial charge in [-0.3, -0.25) is 5.01 Å². The lowest BCUT2D eigenvalue weighted by atomic mass is 10.1. The Bertz CT molecular complexity index is 976. The van der Waals surface area contributed by atoms with Crippen LogP contribution in [0.2, 0.25) is 0 Å². The van der Waals surface area contributed by atoms with Crippen molar-refractivity contribution in [1.82, 2.24) is 19.9 Å². The quantitative estimate of drug-likeness (QED) is 0.207. The van der Waals surface area contributed by atoms with Gasteiger partial charge in [0.2, 0.25) is 0 Å². The Morgan fingerprint density at radius 1 is 1.07 bits per heavy atom. The first kappa shape index (κ1) is 21.4. The van der Waals surface area contributed by atoms with Crippen LogP contribution in [-0.2, 0) is 15.9 Å². The molecule has 0 saturated carbocycles. The smallest absolute Gasteiger partial charge is 0.260 e. The molecule has 3 rings (SSSR count). The summed E-state index contributed by atoms with van der Waals surface area (Å²) in [5.74, 6) is 1.03. The molecule has 0 bridgehead atoms. The molecule has 0 N–H and O–H groups in total. The Morgan fingerprint density at radius 3 is 2.43 bits per heavy atom. The molecule has 3 aromatic rings. The maximum absolute atomic E-state index is 9.05. The molecule has 11 heteroatoms. The largest absolute Gasteiger partial charge is 0.493 e. The molecule has 30 heavy (non-hydrogen) atoms. The van der Waals surface area contributed by atoms with Crippen molar-refractivity contribution in [3.05, 3.63) is 66.2 Å². The molecule has 0 unspecified atom stereocenters. The number of hydrogen-bond donors (Lipinski definition) is 0. The second-order valence-electron chi connectivity index (χ2n) is 6.15. The minimum absolute atomic E-state index is 0.476. The van der Waals surface area contributed by atoms with Gasteiger partial charge in [-0.1, -0.05) is 6.07 Å². The van der Waals surface area contributed by atoms with E-state index >= 15 is 0 Å². The van der Waals surface area contributed by atoms with Crippen molar-refractivity contribution >= 4 is 18.0 Å². The van der Waals surface area contributed by atoms with E-state index in [4.69, 9.17) is 23.5 Å². The van der Waals surface area contributed by atoms with E-state index in [0.717, 1.165) is 11.3 Å². The minimum atomic E-state index is 0.476. The van der Waals surface area contributed by atoms with Gasteiger partial charge in [-0.05, 0) is 42.0 Å². The lowest BCUT2D eigenvalue weighted by Crippen LogP contribution is -2.27. The first-order valence-corrected chi connectivity index (χ1v) is 9.42. The maximum Gasteiger partial charge on any atom is 0.260 e. The highest BCUT2D eigenvalue weighted by molar-refractivity contribution is 7.90. The van der Waals surface area contributed by atoms with Gasteiger partial charge in [0.05, 0.1) is 31.0 Å². The van der Waals surface area contributed by atoms with Crippen LogP contribution < -0.4 is 13.9 Å². The van der Waals surface area contributed by atoms with Gasteiger partial charge < -0.3 is 8.92 Å². The molecule has 0 amide bonds. The Morgan fingerprint density at radius 2 is 1.80 bits per heavy atom. The van der Waals surface area contributed by atoms with Crippen LogP contribution in [0.25, 0.3) is 0 Å². The summed E-state index contributed by atoms with van der Waals surface area (Å²) in [4.78, 5) is 4.84. The number of rotatable bonds is 10. The van der Waals surface area contributed by atoms with Crippen LogP contribution in [0, 0.1) is 11.3 Å². The third-order valence-corrected chi connectivity index (χ3v) is 4.24. The molecule has 10 nitrogen and oxygen atoms in total. The predicted molar refractivity (Wildman–Crippen MR) is 110 cm³/mol. The van der Waals surface area contributed by atoms with Gasteiger partial charge in [-0.25, -0.2) is 4.68 Å². The molecule has 0 fully saturated rings. The lowest BCUT2D eigenvalue weighted by Gasteiger charge is -2.25. The van der Waals surface area contributed by atoms with Crippen molar-refractivity contribution in [1.29, 1.82) is 5.26 Å². The van der Waals surface area contributed by atoms with Gasteiger partial charge in [0.1, 0.15) is 12.7 Å². The Hall–Kier alpha value is -3.30. The molecular weight excluding hydrogens is 408 g/mol. The number of hydroxylamine groups is 2. The summed E-state index contributed by atoms with van der Waals surface area (Å²) in [6.07, 6.45) is 3.20. The molecule has 1 heterocycles. The Balaban J connectivity index is 1.81. The zero-order valence-electron chi connectivity index (χ0n) is 16.6. The average molecular weight is 428 g/mol. The first-order chi connectivity index (χ1) is 14.6. The molecule has 1 aromatic heterocycles. The molecule has 0 saturated heterocycles. The fourth-order valence-corrected chi connectivity index (χ4v) is 2.89. The zero-order chi connectivity index (χ0) is 21.3. The van der Waals surface area contributed by atoms with E-state index in [9.17, 15) is 0 Å². The monoisotopic (exact) mass is 428 g/mol. The maximum atomic E-state index is 9.05. The normalized spacial score (nSPS) is 10.6. The summed E-state index contributed by atoms with van der Waals surface area (Å²) in [5, 5.41) is 20.2. The van der Waals surface area contributed by atoms with Crippen molar-refractivity contribution in [2.45, 2.75) is 6.54 Å². The van der Waals surface area contributed by atoms with Gasteiger partial charge in [0, 0.05) is 14.1 Å². The van der Waals surface area contributed by atoms with Crippen LogP contribution in [0.15, 0.2) is 55.1 Å². The molecule has 156 valence electrons. The highest BCUT2D eigenvalue weighted by Gasteiger charge is 2.14. The number of ether oxygens (including phenoxy) is 1. The predicted octanol–water partition coefficient (Wildman–Crippen LogP) is 3.00. The highest BCUT2D eigenvalue weighted by Crippen LogP contribution is 2.32. The molecular formula is C19H20N6O4S. The van der Waals surface area contributed by atoms with Crippen molar-refractivity contribution in [2.75, 3.05) is 26.2 Å². The van der Waals surface area contributed by atoms with Crippen LogP contribution in [0.5, 0.6) is 11.5 Å². The van der Waals surface area contributed by atoms with Crippen molar-refractivity contribution in [3.8, 4) is 17.6 Å². The average Bonchev–Trinajstić information content (AvgIpc) is 3.30. The molecule has 0 atom stereocenters. The summed E-state index contributed by atoms with van der Waals surface area (Å²) < 4.78 is 17.5. The standard InChI is InChI=1S/C19H20N6O4S/c1-23(2)28-29-30-27-19-10-16(6-9-18(19)26-3)12-25(24-13-21-22-14-24)17-7-4-15(11-20)5-8-17/h4-10,13-14H,12H2,1-3H3. The van der Waals surface area contributed by atoms with E-state index in [1.54, 1.807) is 56.7 Å². The molecule has 0 aliphatic heterocycles. The van der Waals surface area contributed by atoms with Gasteiger partial charge in [-0.15, -0.1) is 19.5 Å². The number of hydrogen-bond acceptors (Lipinski definition) is 10. The van der Waals surface area contributed by atoms with E-state index < -0.39 is 0 Å². The molecule has 0 aliphatic rings. The lowest BCUT2D eigenvalue weighted by molar-refractivity contribution is -0.342. The third kappa shape index (κ3) is 5.62. The summed E-state index contributed by atoms with van der Waals surface area (Å²) in [5.41, 5.74) is 2.38. The van der Waals surface area contributed by atoms with Crippen LogP contribution in [0.4, 0.5) is 5.69 Å². The van der Waals surface area contributed by atoms with Crippen molar-refractivity contribution < 1.29 is 18.2 Å². The number of benzene rings is 2. The number of aromatic nitrogens is 3. The third-order valence-electron chi connectivity index (χ3n) is 3.87. The van der Waals surface area contributed by atoms with Crippen LogP contribution >= 0.6 is 12.3 Å². The van der Waals surface area contributed by atoms with E-state index in [-0.39, 0.29) is 0 Å². The summed E-state index contributed by atoms with van der Waals surface area (Å²) >= 11 is 0.677. The van der Waals surface area contributed by atoms with Gasteiger partial charge in [0.15, 0.2) is 11.5 Å². The molecule has 0 spiro atoms. The fourth-order valence-electron chi connectivity index (χ4n) is 2.52. The number of nitrogens with zero attached hydrogens (tertiary/aromatic N) is 6. The number of anilines is 1. The van der Waals surface area contributed by atoms with Crippen LogP contribution in [0.3, 0.4) is 0 Å². The second kappa shape index (κ2) is 10.5. The van der Waals surface area contributed by atoms with Gasteiger partial charge >= 0.3 is 0 Å². The van der Waals surface area contributed by atoms with Gasteiger partial charge in [0.25, 0.3) is 12.3 Å². The van der Waals surface area contributed by atoms with E-state index in [1.807, 2.05) is 29.3 Å². The second-order valence-corrected chi connectivity index (χ2v) is 6.59. The Kier molecular flexibility index (Phi) is 7.47. The number of nitriles is 1. The first-order valence-electron chi connectivity index (χ1n) is 8.75. The molecule has 2 aromatic carbocycles. The summed E-state index contributed by atoms with van der Waals surface area (Å²) in [6, 6.07) is 14.9. The van der Waals surface area contributed by atoms with Crippen LogP contribution in [0.1, 0.15) is 11.1 Å². The highest BCUT2D eigenvalue weighted by atomic mass is 32.2. The van der Waals surface area contributed by atoms with Gasteiger partial charge in [-0.2, -0.15) is 10.3 Å². The van der Waals surface area contributed by atoms with E-state index in [2.05, 4.69) is 16.3 Å². The summed E-state index contributed by atoms with van der Waals surface area (Å²) in [7, 11) is 4.93.